The van der Waals surface area contributed by atoms with E-state index < -0.39 is 0 Å². The Bertz CT molecular complexity index is 695. The first kappa shape index (κ1) is 11.1. The number of nitrogens with zero attached hydrogens (tertiary/aromatic N) is 1. The molecule has 2 heterocycles. The maximum Gasteiger partial charge on any atom is 0.323 e. The number of fused-ring (bicyclic) bond motifs is 2. The Morgan fingerprint density at radius 2 is 1.89 bits per heavy atom. The van der Waals surface area contributed by atoms with E-state index in [2.05, 4.69) is 33.8 Å². The Morgan fingerprint density at radius 3 is 2.61 bits per heavy atom. The number of benzene rings is 1. The summed E-state index contributed by atoms with van der Waals surface area (Å²) in [5.74, 6) is 1.45. The fourth-order valence-corrected chi connectivity index (χ4v) is 2.36. The van der Waals surface area contributed by atoms with Gasteiger partial charge < -0.3 is 15.0 Å². The molecule has 0 aliphatic heterocycles. The number of H-pyrrole nitrogens is 3. The van der Waals surface area contributed by atoms with Gasteiger partial charge in [-0.05, 0) is 18.6 Å². The van der Waals surface area contributed by atoms with Gasteiger partial charge in [0.1, 0.15) is 5.82 Å². The van der Waals surface area contributed by atoms with Crippen molar-refractivity contribution in [1.82, 2.24) is 19.9 Å². The number of nitrogens with one attached hydrogen (secondary N) is 3. The molecule has 0 saturated carbocycles. The number of hydrogen-bond donors (Lipinski definition) is 3. The maximum atomic E-state index is 11.2. The standard InChI is InChI=1S/C13H16N4O/c1-3-4-7(2)12-14-8-5-10-11(6-9(8)15-12)17-13(18)16-10/h5-7H,3-4H2,1-2H3,(H,14,15)(H2,16,17,18). The van der Waals surface area contributed by atoms with Crippen molar-refractivity contribution in [3.05, 3.63) is 28.4 Å². The Balaban J connectivity index is 2.14. The van der Waals surface area contributed by atoms with Crippen LogP contribution in [0.4, 0.5) is 0 Å². The molecule has 0 fully saturated rings. The lowest BCUT2D eigenvalue weighted by atomic mass is 10.1. The van der Waals surface area contributed by atoms with E-state index in [0.29, 0.717) is 5.92 Å². The summed E-state index contributed by atoms with van der Waals surface area (Å²) in [6.45, 7) is 4.35. The molecule has 1 aromatic carbocycles. The van der Waals surface area contributed by atoms with Gasteiger partial charge in [0.2, 0.25) is 0 Å². The van der Waals surface area contributed by atoms with Gasteiger partial charge >= 0.3 is 5.69 Å². The van der Waals surface area contributed by atoms with E-state index in [-0.39, 0.29) is 5.69 Å². The summed E-state index contributed by atoms with van der Waals surface area (Å²) in [5, 5.41) is 0. The van der Waals surface area contributed by atoms with Crippen LogP contribution in [0, 0.1) is 0 Å². The van der Waals surface area contributed by atoms with Gasteiger partial charge in [0, 0.05) is 5.92 Å². The molecule has 0 spiro atoms. The minimum Gasteiger partial charge on any atom is -0.342 e. The number of rotatable bonds is 3. The van der Waals surface area contributed by atoms with Gasteiger partial charge in [-0.1, -0.05) is 20.3 Å². The van der Waals surface area contributed by atoms with Crippen LogP contribution in [0.25, 0.3) is 22.1 Å². The third-order valence-electron chi connectivity index (χ3n) is 3.32. The van der Waals surface area contributed by atoms with Gasteiger partial charge in [-0.2, -0.15) is 0 Å². The lowest BCUT2D eigenvalue weighted by Crippen LogP contribution is -1.99. The highest BCUT2D eigenvalue weighted by atomic mass is 16.1. The first-order valence-corrected chi connectivity index (χ1v) is 6.29. The Kier molecular flexibility index (Phi) is 2.47. The second kappa shape index (κ2) is 4.01. The third kappa shape index (κ3) is 1.72. The number of aromatic amines is 3. The molecule has 18 heavy (non-hydrogen) atoms. The fraction of sp³-hybridized carbons (Fsp3) is 0.385. The summed E-state index contributed by atoms with van der Waals surface area (Å²) in [4.78, 5) is 24.6. The smallest absolute Gasteiger partial charge is 0.323 e. The van der Waals surface area contributed by atoms with E-state index in [9.17, 15) is 4.79 Å². The second-order valence-corrected chi connectivity index (χ2v) is 4.81. The zero-order valence-electron chi connectivity index (χ0n) is 10.5. The molecular weight excluding hydrogens is 228 g/mol. The first-order chi connectivity index (χ1) is 8.67. The van der Waals surface area contributed by atoms with Crippen LogP contribution in [0.5, 0.6) is 0 Å². The molecule has 0 aliphatic rings. The molecule has 0 bridgehead atoms. The monoisotopic (exact) mass is 244 g/mol. The number of imidazole rings is 2. The lowest BCUT2D eigenvalue weighted by molar-refractivity contribution is 0.636. The minimum absolute atomic E-state index is 0.183. The summed E-state index contributed by atoms with van der Waals surface area (Å²) >= 11 is 0. The Morgan fingerprint density at radius 1 is 1.17 bits per heavy atom. The Labute approximate surface area is 104 Å². The van der Waals surface area contributed by atoms with Crippen LogP contribution in [-0.4, -0.2) is 19.9 Å². The van der Waals surface area contributed by atoms with Crippen LogP contribution in [0.3, 0.4) is 0 Å². The molecule has 1 unspecified atom stereocenters. The summed E-state index contributed by atoms with van der Waals surface area (Å²) < 4.78 is 0. The topological polar surface area (TPSA) is 77.3 Å². The predicted octanol–water partition coefficient (Wildman–Crippen LogP) is 2.64. The predicted molar refractivity (Wildman–Crippen MR) is 71.9 cm³/mol. The summed E-state index contributed by atoms with van der Waals surface area (Å²) in [7, 11) is 0. The van der Waals surface area contributed by atoms with Crippen molar-refractivity contribution in [2.75, 3.05) is 0 Å². The quantitative estimate of drug-likeness (QED) is 0.662. The van der Waals surface area contributed by atoms with E-state index in [0.717, 1.165) is 40.7 Å². The average Bonchev–Trinajstić information content (AvgIpc) is 2.87. The van der Waals surface area contributed by atoms with Gasteiger partial charge in [0.25, 0.3) is 0 Å². The van der Waals surface area contributed by atoms with Gasteiger partial charge in [0.15, 0.2) is 0 Å². The van der Waals surface area contributed by atoms with E-state index in [1.165, 1.54) is 0 Å². The molecule has 0 amide bonds. The molecule has 5 nitrogen and oxygen atoms in total. The maximum absolute atomic E-state index is 11.2. The van der Waals surface area contributed by atoms with Crippen LogP contribution >= 0.6 is 0 Å². The van der Waals surface area contributed by atoms with E-state index in [1.807, 2.05) is 12.1 Å². The van der Waals surface area contributed by atoms with Crippen molar-refractivity contribution in [2.24, 2.45) is 0 Å². The molecule has 0 radical (unpaired) electrons. The summed E-state index contributed by atoms with van der Waals surface area (Å²) in [6.07, 6.45) is 2.26. The summed E-state index contributed by atoms with van der Waals surface area (Å²) in [6, 6.07) is 3.83. The van der Waals surface area contributed by atoms with Crippen molar-refractivity contribution >= 4 is 22.1 Å². The largest absolute Gasteiger partial charge is 0.342 e. The third-order valence-corrected chi connectivity index (χ3v) is 3.32. The second-order valence-electron chi connectivity index (χ2n) is 4.81. The first-order valence-electron chi connectivity index (χ1n) is 6.29. The molecule has 5 heteroatoms. The molecule has 0 aliphatic carbocycles. The molecule has 3 rings (SSSR count). The van der Waals surface area contributed by atoms with Gasteiger partial charge in [-0.3, -0.25) is 0 Å². The van der Waals surface area contributed by atoms with Gasteiger partial charge in [0.05, 0.1) is 22.1 Å². The Hall–Kier alpha value is -2.04. The van der Waals surface area contributed by atoms with Gasteiger partial charge in [-0.15, -0.1) is 0 Å². The highest BCUT2D eigenvalue weighted by Gasteiger charge is 2.11. The highest BCUT2D eigenvalue weighted by molar-refractivity contribution is 5.91. The zero-order chi connectivity index (χ0) is 12.7. The number of hydrogen-bond acceptors (Lipinski definition) is 2. The zero-order valence-corrected chi connectivity index (χ0v) is 10.5. The van der Waals surface area contributed by atoms with Crippen molar-refractivity contribution in [3.8, 4) is 0 Å². The fourth-order valence-electron chi connectivity index (χ4n) is 2.36. The van der Waals surface area contributed by atoms with E-state index >= 15 is 0 Å². The van der Waals surface area contributed by atoms with Crippen molar-refractivity contribution in [2.45, 2.75) is 32.6 Å². The molecule has 3 N–H and O–H groups in total. The summed E-state index contributed by atoms with van der Waals surface area (Å²) in [5.41, 5.74) is 3.29. The van der Waals surface area contributed by atoms with Crippen LogP contribution in [0.15, 0.2) is 16.9 Å². The van der Waals surface area contributed by atoms with E-state index in [1.54, 1.807) is 0 Å². The number of aromatic nitrogens is 4. The molecule has 3 aromatic rings. The van der Waals surface area contributed by atoms with Crippen molar-refractivity contribution in [1.29, 1.82) is 0 Å². The molecule has 2 aromatic heterocycles. The minimum atomic E-state index is -0.183. The van der Waals surface area contributed by atoms with Crippen molar-refractivity contribution < 1.29 is 0 Å². The molecule has 94 valence electrons. The van der Waals surface area contributed by atoms with Crippen LogP contribution < -0.4 is 5.69 Å². The van der Waals surface area contributed by atoms with Gasteiger partial charge in [-0.25, -0.2) is 9.78 Å². The van der Waals surface area contributed by atoms with Crippen molar-refractivity contribution in [3.63, 3.8) is 0 Å². The van der Waals surface area contributed by atoms with E-state index in [4.69, 9.17) is 0 Å². The SMILES string of the molecule is CCCC(C)c1nc2cc3[nH]c(=O)[nH]c3cc2[nH]1. The highest BCUT2D eigenvalue weighted by Crippen LogP contribution is 2.23. The van der Waals surface area contributed by atoms with Crippen LogP contribution in [0.2, 0.25) is 0 Å². The van der Waals surface area contributed by atoms with Crippen LogP contribution in [-0.2, 0) is 0 Å². The average molecular weight is 244 g/mol. The molecular formula is C13H16N4O. The lowest BCUT2D eigenvalue weighted by Gasteiger charge is -2.04. The molecule has 1 atom stereocenters. The molecule has 0 saturated heterocycles. The van der Waals surface area contributed by atoms with Crippen LogP contribution in [0.1, 0.15) is 38.4 Å². The normalized spacial score (nSPS) is 13.4.